The van der Waals surface area contributed by atoms with Crippen LogP contribution >= 0.6 is 11.3 Å². The number of aryl methyl sites for hydroxylation is 1. The Bertz CT molecular complexity index is 682. The summed E-state index contributed by atoms with van der Waals surface area (Å²) in [5.74, 6) is -1.30. The number of aromatic nitrogens is 1. The van der Waals surface area contributed by atoms with Gasteiger partial charge in [-0.1, -0.05) is 32.1 Å². The fourth-order valence-electron chi connectivity index (χ4n) is 4.36. The minimum absolute atomic E-state index is 0.186. The van der Waals surface area contributed by atoms with Gasteiger partial charge in [0.1, 0.15) is 25.4 Å². The highest BCUT2D eigenvalue weighted by molar-refractivity contribution is 7.09. The second-order valence-electron chi connectivity index (χ2n) is 9.07. The Balaban J connectivity index is 1.97. The highest BCUT2D eigenvalue weighted by atomic mass is 32.1. The smallest absolute Gasteiger partial charge is 0.267 e. The minimum atomic E-state index is -1.89. The number of ether oxygens (including phenoxy) is 4. The quantitative estimate of drug-likeness (QED) is 0.442. The Morgan fingerprint density at radius 1 is 1.10 bits per heavy atom. The Hall–Kier alpha value is -0.353. The first-order valence-corrected chi connectivity index (χ1v) is 14.2. The Morgan fingerprint density at radius 2 is 1.76 bits per heavy atom. The SMILES string of the molecule is CC[Si](CC)(CC)O[C@@H](c1scc[n+]1C)[C@H]1OC(C)(C)O[C@@H]1[C@@H]1COC(C)(C)O1. The van der Waals surface area contributed by atoms with Gasteiger partial charge in [0, 0.05) is 0 Å². The molecule has 0 N–H and O–H groups in total. The molecule has 8 heteroatoms. The third kappa shape index (κ3) is 4.94. The lowest BCUT2D eigenvalue weighted by Gasteiger charge is -2.35. The monoisotopic (exact) mass is 444 g/mol. The van der Waals surface area contributed by atoms with E-state index in [1.807, 2.05) is 27.7 Å². The second-order valence-corrected chi connectivity index (χ2v) is 14.7. The van der Waals surface area contributed by atoms with Crippen molar-refractivity contribution in [1.29, 1.82) is 0 Å². The number of hydrogen-bond donors (Lipinski definition) is 0. The van der Waals surface area contributed by atoms with E-state index in [2.05, 4.69) is 44.0 Å². The summed E-state index contributed by atoms with van der Waals surface area (Å²) in [6, 6.07) is 3.26. The molecular formula is C21H38NO5SSi+. The fraction of sp³-hybridized carbons (Fsp3) is 0.857. The molecule has 166 valence electrons. The average Bonchev–Trinajstić information content (AvgIpc) is 3.33. The summed E-state index contributed by atoms with van der Waals surface area (Å²) in [6.45, 7) is 15.1. The molecule has 0 bridgehead atoms. The highest BCUT2D eigenvalue weighted by Gasteiger charge is 2.55. The fourth-order valence-corrected chi connectivity index (χ4v) is 8.16. The summed E-state index contributed by atoms with van der Waals surface area (Å²) in [6.07, 6.45) is 1.20. The van der Waals surface area contributed by atoms with Crippen LogP contribution in [0.2, 0.25) is 18.1 Å². The van der Waals surface area contributed by atoms with Crippen LogP contribution in [0.5, 0.6) is 0 Å². The molecule has 1 aromatic rings. The van der Waals surface area contributed by atoms with E-state index in [-0.39, 0.29) is 24.4 Å². The first kappa shape index (κ1) is 23.3. The van der Waals surface area contributed by atoms with Gasteiger partial charge in [0.2, 0.25) is 0 Å². The van der Waals surface area contributed by atoms with Crippen LogP contribution in [-0.4, -0.2) is 44.8 Å². The molecule has 0 radical (unpaired) electrons. The van der Waals surface area contributed by atoms with Crippen LogP contribution in [0.25, 0.3) is 0 Å². The van der Waals surface area contributed by atoms with E-state index in [0.29, 0.717) is 6.61 Å². The first-order valence-electron chi connectivity index (χ1n) is 10.8. The molecule has 2 aliphatic heterocycles. The molecule has 4 atom stereocenters. The highest BCUT2D eigenvalue weighted by Crippen LogP contribution is 2.43. The maximum absolute atomic E-state index is 7.06. The van der Waals surface area contributed by atoms with Crippen molar-refractivity contribution in [3.63, 3.8) is 0 Å². The van der Waals surface area contributed by atoms with Crippen molar-refractivity contribution in [2.24, 2.45) is 7.05 Å². The van der Waals surface area contributed by atoms with E-state index >= 15 is 0 Å². The average molecular weight is 445 g/mol. The lowest BCUT2D eigenvalue weighted by atomic mass is 10.0. The van der Waals surface area contributed by atoms with Crippen LogP contribution in [0, 0.1) is 0 Å². The van der Waals surface area contributed by atoms with Gasteiger partial charge in [0.15, 0.2) is 32.2 Å². The summed E-state index contributed by atoms with van der Waals surface area (Å²) in [4.78, 5) is 0. The molecule has 0 unspecified atom stereocenters. The standard InChI is InChI=1S/C21H38NO5SSi/c1-9-29(10-2,11-3)27-18(19-22(8)12-13-28-19)17-16(25-21(6,7)26-17)15-14-23-20(4,5)24-15/h12-13,15-18H,9-11,14H2,1-8H3/q+1/t15-,16+,17-,18+/m0/s1. The third-order valence-corrected chi connectivity index (χ3v) is 11.9. The predicted octanol–water partition coefficient (Wildman–Crippen LogP) is 4.31. The van der Waals surface area contributed by atoms with Crippen LogP contribution in [0.15, 0.2) is 11.6 Å². The predicted molar refractivity (Wildman–Crippen MR) is 115 cm³/mol. The van der Waals surface area contributed by atoms with Crippen molar-refractivity contribution in [2.45, 2.75) is 103 Å². The van der Waals surface area contributed by atoms with Crippen molar-refractivity contribution in [1.82, 2.24) is 0 Å². The molecule has 1 aromatic heterocycles. The third-order valence-electron chi connectivity index (χ3n) is 6.23. The molecule has 3 rings (SSSR count). The zero-order valence-electron chi connectivity index (χ0n) is 19.2. The molecule has 3 heterocycles. The largest absolute Gasteiger partial charge is 0.401 e. The maximum atomic E-state index is 7.06. The number of nitrogens with zero attached hydrogens (tertiary/aromatic N) is 1. The molecule has 0 aliphatic carbocycles. The normalized spacial score (nSPS) is 30.0. The molecule has 0 saturated carbocycles. The summed E-state index contributed by atoms with van der Waals surface area (Å²) in [5, 5.41) is 3.26. The van der Waals surface area contributed by atoms with Crippen LogP contribution in [-0.2, 0) is 30.4 Å². The zero-order valence-corrected chi connectivity index (χ0v) is 21.0. The molecule has 0 spiro atoms. The van der Waals surface area contributed by atoms with Crippen LogP contribution < -0.4 is 4.57 Å². The van der Waals surface area contributed by atoms with Crippen LogP contribution in [0.3, 0.4) is 0 Å². The summed E-state index contributed by atoms with van der Waals surface area (Å²) in [7, 11) is 0.188. The van der Waals surface area contributed by atoms with E-state index in [0.717, 1.165) is 23.1 Å². The van der Waals surface area contributed by atoms with Crippen molar-refractivity contribution in [2.75, 3.05) is 6.61 Å². The summed E-state index contributed by atoms with van der Waals surface area (Å²) < 4.78 is 34.1. The summed E-state index contributed by atoms with van der Waals surface area (Å²) in [5.41, 5.74) is 0. The molecular weight excluding hydrogens is 406 g/mol. The van der Waals surface area contributed by atoms with Gasteiger partial charge in [-0.3, -0.25) is 0 Å². The number of rotatable bonds is 8. The molecule has 2 saturated heterocycles. The van der Waals surface area contributed by atoms with Crippen molar-refractivity contribution in [3.05, 3.63) is 16.6 Å². The zero-order chi connectivity index (χ0) is 21.4. The lowest BCUT2D eigenvalue weighted by Crippen LogP contribution is -2.48. The number of hydrogen-bond acceptors (Lipinski definition) is 6. The van der Waals surface area contributed by atoms with Gasteiger partial charge in [-0.25, -0.2) is 0 Å². The Kier molecular flexibility index (Phi) is 6.95. The van der Waals surface area contributed by atoms with E-state index in [1.165, 1.54) is 0 Å². The van der Waals surface area contributed by atoms with E-state index in [9.17, 15) is 0 Å². The van der Waals surface area contributed by atoms with Crippen molar-refractivity contribution in [3.8, 4) is 0 Å². The van der Waals surface area contributed by atoms with Gasteiger partial charge < -0.3 is 23.4 Å². The van der Waals surface area contributed by atoms with Gasteiger partial charge in [-0.05, 0) is 45.8 Å². The van der Waals surface area contributed by atoms with Crippen LogP contribution in [0.4, 0.5) is 0 Å². The van der Waals surface area contributed by atoms with Gasteiger partial charge in [-0.2, -0.15) is 4.57 Å². The van der Waals surface area contributed by atoms with E-state index in [4.69, 9.17) is 23.4 Å². The van der Waals surface area contributed by atoms with Crippen LogP contribution in [0.1, 0.15) is 59.6 Å². The second kappa shape index (κ2) is 8.65. The minimum Gasteiger partial charge on any atom is -0.401 e. The maximum Gasteiger partial charge on any atom is 0.267 e. The molecule has 0 amide bonds. The van der Waals surface area contributed by atoms with Gasteiger partial charge in [0.05, 0.1) is 12.0 Å². The van der Waals surface area contributed by atoms with Gasteiger partial charge in [-0.15, -0.1) is 0 Å². The van der Waals surface area contributed by atoms with Gasteiger partial charge >= 0.3 is 0 Å². The van der Waals surface area contributed by atoms with Crippen molar-refractivity contribution < 1.29 is 27.9 Å². The topological polar surface area (TPSA) is 50.0 Å². The Labute approximate surface area is 180 Å². The van der Waals surface area contributed by atoms with E-state index in [1.54, 1.807) is 11.3 Å². The molecule has 0 aromatic carbocycles. The molecule has 2 aliphatic rings. The Morgan fingerprint density at radius 3 is 2.24 bits per heavy atom. The van der Waals surface area contributed by atoms with E-state index < -0.39 is 19.9 Å². The van der Waals surface area contributed by atoms with Crippen molar-refractivity contribution >= 4 is 19.7 Å². The lowest BCUT2D eigenvalue weighted by molar-refractivity contribution is -0.677. The molecule has 29 heavy (non-hydrogen) atoms. The van der Waals surface area contributed by atoms with Gasteiger partial charge in [0.25, 0.3) is 5.01 Å². The number of thiazole rings is 1. The summed E-state index contributed by atoms with van der Waals surface area (Å²) >= 11 is 1.71. The first-order chi connectivity index (χ1) is 13.6. The molecule has 6 nitrogen and oxygen atoms in total. The molecule has 2 fully saturated rings.